The smallest absolute Gasteiger partial charge is 0.240 e. The molecule has 0 unspecified atom stereocenters. The van der Waals surface area contributed by atoms with Crippen molar-refractivity contribution in [2.24, 2.45) is 0 Å². The summed E-state index contributed by atoms with van der Waals surface area (Å²) >= 11 is 0. The Labute approximate surface area is 142 Å². The predicted octanol–water partition coefficient (Wildman–Crippen LogP) is 2.27. The summed E-state index contributed by atoms with van der Waals surface area (Å²) < 4.78 is 7.15. The highest BCUT2D eigenvalue weighted by Gasteiger charge is 2.27. The average Bonchev–Trinajstić information content (AvgIpc) is 3.21. The van der Waals surface area contributed by atoms with Crippen LogP contribution in [0.25, 0.3) is 0 Å². The van der Waals surface area contributed by atoms with Crippen molar-refractivity contribution < 1.29 is 9.32 Å². The lowest BCUT2D eigenvalue weighted by atomic mass is 9.92. The van der Waals surface area contributed by atoms with Crippen LogP contribution in [0.15, 0.2) is 29.0 Å². The number of carbonyl (C=O) groups excluding carboxylic acids is 1. The van der Waals surface area contributed by atoms with Gasteiger partial charge in [0.25, 0.3) is 0 Å². The minimum Gasteiger partial charge on any atom is -0.338 e. The van der Waals surface area contributed by atoms with Gasteiger partial charge in [-0.3, -0.25) is 19.7 Å². The molecule has 1 fully saturated rings. The first-order chi connectivity index (χ1) is 11.4. The molecular weight excluding hydrogens is 306 g/mol. The minimum atomic E-state index is -0.101. The van der Waals surface area contributed by atoms with Gasteiger partial charge >= 0.3 is 0 Å². The van der Waals surface area contributed by atoms with Crippen LogP contribution in [0, 0.1) is 0 Å². The standard InChI is InChI=1S/C17H25N5O2/c1-17(2,3)14-10-16(24-20-14)19-15(23)12-21-8-4-6-13(21)11-22-9-5-7-18-22/h5,7,9-10,13H,4,6,8,11-12H2,1-3H3,(H,19,23)/t13-/m1/s1. The molecule has 1 aliphatic rings. The van der Waals surface area contributed by atoms with Crippen LogP contribution >= 0.6 is 0 Å². The fourth-order valence-corrected chi connectivity index (χ4v) is 2.98. The zero-order valence-electron chi connectivity index (χ0n) is 14.5. The zero-order chi connectivity index (χ0) is 17.2. The van der Waals surface area contributed by atoms with Crippen molar-refractivity contribution in [2.75, 3.05) is 18.4 Å². The molecule has 2 aromatic heterocycles. The summed E-state index contributed by atoms with van der Waals surface area (Å²) in [5.74, 6) is 0.340. The number of rotatable bonds is 5. The molecule has 1 N–H and O–H groups in total. The van der Waals surface area contributed by atoms with E-state index in [0.717, 1.165) is 31.6 Å². The number of nitrogens with zero attached hydrogens (tertiary/aromatic N) is 4. The molecule has 1 saturated heterocycles. The maximum absolute atomic E-state index is 12.3. The molecule has 0 aromatic carbocycles. The van der Waals surface area contributed by atoms with E-state index in [4.69, 9.17) is 4.52 Å². The molecule has 3 heterocycles. The van der Waals surface area contributed by atoms with E-state index in [9.17, 15) is 4.79 Å². The number of carbonyl (C=O) groups is 1. The van der Waals surface area contributed by atoms with Gasteiger partial charge in [-0.15, -0.1) is 0 Å². The highest BCUT2D eigenvalue weighted by molar-refractivity contribution is 5.91. The lowest BCUT2D eigenvalue weighted by molar-refractivity contribution is -0.117. The average molecular weight is 331 g/mol. The zero-order valence-corrected chi connectivity index (χ0v) is 14.5. The summed E-state index contributed by atoms with van der Waals surface area (Å²) in [6.45, 7) is 8.28. The number of nitrogens with one attached hydrogen (secondary N) is 1. The first-order valence-corrected chi connectivity index (χ1v) is 8.40. The van der Waals surface area contributed by atoms with Gasteiger partial charge in [0, 0.05) is 29.9 Å². The summed E-state index contributed by atoms with van der Waals surface area (Å²) in [5.41, 5.74) is 0.728. The molecule has 1 amide bonds. The summed E-state index contributed by atoms with van der Waals surface area (Å²) in [7, 11) is 0. The van der Waals surface area contributed by atoms with Crippen LogP contribution in [-0.2, 0) is 16.8 Å². The van der Waals surface area contributed by atoms with E-state index < -0.39 is 0 Å². The van der Waals surface area contributed by atoms with Gasteiger partial charge in [0.15, 0.2) is 0 Å². The van der Waals surface area contributed by atoms with Gasteiger partial charge in [-0.05, 0) is 25.5 Å². The normalized spacial score (nSPS) is 18.9. The number of hydrogen-bond acceptors (Lipinski definition) is 5. The quantitative estimate of drug-likeness (QED) is 0.909. The molecule has 3 rings (SSSR count). The second kappa shape index (κ2) is 6.76. The molecule has 1 atom stereocenters. The monoisotopic (exact) mass is 331 g/mol. The molecule has 0 aliphatic carbocycles. The molecule has 7 nitrogen and oxygen atoms in total. The van der Waals surface area contributed by atoms with E-state index >= 15 is 0 Å². The van der Waals surface area contributed by atoms with Gasteiger partial charge in [0.05, 0.1) is 18.8 Å². The Bertz CT molecular complexity index is 671. The Morgan fingerprint density at radius 3 is 2.96 bits per heavy atom. The lowest BCUT2D eigenvalue weighted by Crippen LogP contribution is -2.39. The van der Waals surface area contributed by atoms with Gasteiger partial charge < -0.3 is 4.52 Å². The van der Waals surface area contributed by atoms with E-state index in [-0.39, 0.29) is 11.3 Å². The van der Waals surface area contributed by atoms with Gasteiger partial charge in [-0.1, -0.05) is 25.9 Å². The molecule has 130 valence electrons. The highest BCUT2D eigenvalue weighted by atomic mass is 16.5. The van der Waals surface area contributed by atoms with Crippen molar-refractivity contribution in [3.05, 3.63) is 30.2 Å². The van der Waals surface area contributed by atoms with Crippen LogP contribution in [0.2, 0.25) is 0 Å². The second-order valence-electron chi connectivity index (χ2n) is 7.37. The van der Waals surface area contributed by atoms with Crippen LogP contribution in [0.3, 0.4) is 0 Å². The van der Waals surface area contributed by atoms with Crippen molar-refractivity contribution in [3.8, 4) is 0 Å². The molecule has 7 heteroatoms. The van der Waals surface area contributed by atoms with Crippen LogP contribution in [-0.4, -0.2) is 44.9 Å². The molecular formula is C17H25N5O2. The van der Waals surface area contributed by atoms with Crippen LogP contribution < -0.4 is 5.32 Å². The van der Waals surface area contributed by atoms with E-state index in [1.165, 1.54) is 0 Å². The Hall–Kier alpha value is -2.15. The number of hydrogen-bond donors (Lipinski definition) is 1. The Kier molecular flexibility index (Phi) is 4.71. The summed E-state index contributed by atoms with van der Waals surface area (Å²) in [5, 5.41) is 11.1. The van der Waals surface area contributed by atoms with Crippen LogP contribution in [0.1, 0.15) is 39.3 Å². The summed E-state index contributed by atoms with van der Waals surface area (Å²) in [6, 6.07) is 4.06. The fraction of sp³-hybridized carbons (Fsp3) is 0.588. The third-order valence-electron chi connectivity index (χ3n) is 4.34. The minimum absolute atomic E-state index is 0.0704. The molecule has 2 aromatic rings. The molecule has 0 spiro atoms. The topological polar surface area (TPSA) is 76.2 Å². The Balaban J connectivity index is 1.55. The lowest BCUT2D eigenvalue weighted by Gasteiger charge is -2.23. The fourth-order valence-electron chi connectivity index (χ4n) is 2.98. The first-order valence-electron chi connectivity index (χ1n) is 8.40. The van der Waals surface area contributed by atoms with Gasteiger partial charge in [-0.25, -0.2) is 0 Å². The van der Waals surface area contributed by atoms with Crippen molar-refractivity contribution in [3.63, 3.8) is 0 Å². The molecule has 0 saturated carbocycles. The van der Waals surface area contributed by atoms with E-state index in [1.54, 1.807) is 12.3 Å². The van der Waals surface area contributed by atoms with Crippen molar-refractivity contribution in [2.45, 2.75) is 51.6 Å². The Morgan fingerprint density at radius 1 is 1.46 bits per heavy atom. The predicted molar refractivity (Wildman–Crippen MR) is 90.7 cm³/mol. The number of likely N-dealkylation sites (tertiary alicyclic amines) is 1. The third kappa shape index (κ3) is 4.03. The van der Waals surface area contributed by atoms with Gasteiger partial charge in [0.1, 0.15) is 0 Å². The Morgan fingerprint density at radius 2 is 2.29 bits per heavy atom. The van der Waals surface area contributed by atoms with Crippen molar-refractivity contribution in [1.82, 2.24) is 19.8 Å². The molecule has 0 radical (unpaired) electrons. The summed E-state index contributed by atoms with van der Waals surface area (Å²) in [6.07, 6.45) is 5.93. The third-order valence-corrected chi connectivity index (χ3v) is 4.34. The highest BCUT2D eigenvalue weighted by Crippen LogP contribution is 2.24. The van der Waals surface area contributed by atoms with Crippen LogP contribution in [0.5, 0.6) is 0 Å². The van der Waals surface area contributed by atoms with E-state index in [0.29, 0.717) is 18.5 Å². The molecule has 0 bridgehead atoms. The van der Waals surface area contributed by atoms with Crippen LogP contribution in [0.4, 0.5) is 5.88 Å². The molecule has 1 aliphatic heterocycles. The number of anilines is 1. The molecule has 24 heavy (non-hydrogen) atoms. The first kappa shape index (κ1) is 16.7. The SMILES string of the molecule is CC(C)(C)c1cc(NC(=O)CN2CCC[C@@H]2Cn2cccn2)on1. The number of amides is 1. The van der Waals surface area contributed by atoms with Gasteiger partial charge in [-0.2, -0.15) is 5.10 Å². The second-order valence-corrected chi connectivity index (χ2v) is 7.37. The van der Waals surface area contributed by atoms with Crippen molar-refractivity contribution in [1.29, 1.82) is 0 Å². The maximum Gasteiger partial charge on any atom is 0.240 e. The van der Waals surface area contributed by atoms with Crippen molar-refractivity contribution >= 4 is 11.8 Å². The van der Waals surface area contributed by atoms with E-state index in [1.807, 2.05) is 16.9 Å². The van der Waals surface area contributed by atoms with Gasteiger partial charge in [0.2, 0.25) is 11.8 Å². The van der Waals surface area contributed by atoms with E-state index in [2.05, 4.69) is 41.2 Å². The summed E-state index contributed by atoms with van der Waals surface area (Å²) in [4.78, 5) is 14.5. The largest absolute Gasteiger partial charge is 0.338 e. The number of aromatic nitrogens is 3. The maximum atomic E-state index is 12.3.